The molecule has 4 nitrogen and oxygen atoms in total. The second-order valence-corrected chi connectivity index (χ2v) is 6.88. The van der Waals surface area contributed by atoms with Gasteiger partial charge in [0, 0.05) is 36.7 Å². The molecule has 0 aliphatic carbocycles. The fourth-order valence-electron chi connectivity index (χ4n) is 3.55. The zero-order valence-electron chi connectivity index (χ0n) is 14.0. The van der Waals surface area contributed by atoms with Crippen molar-refractivity contribution in [2.24, 2.45) is 5.92 Å². The van der Waals surface area contributed by atoms with Crippen molar-refractivity contribution in [2.45, 2.75) is 25.3 Å². The molecular formula is C18H24F2N2O2. The van der Waals surface area contributed by atoms with E-state index in [1.807, 2.05) is 4.90 Å². The molecule has 3 rings (SSSR count). The van der Waals surface area contributed by atoms with Gasteiger partial charge in [0.15, 0.2) is 0 Å². The average molecular weight is 338 g/mol. The van der Waals surface area contributed by atoms with Gasteiger partial charge in [-0.25, -0.2) is 8.78 Å². The molecule has 24 heavy (non-hydrogen) atoms. The fraction of sp³-hybridized carbons (Fsp3) is 0.611. The first-order valence-electron chi connectivity index (χ1n) is 8.56. The Labute approximate surface area is 141 Å². The number of halogens is 2. The van der Waals surface area contributed by atoms with Gasteiger partial charge in [0.05, 0.1) is 6.61 Å². The van der Waals surface area contributed by atoms with Gasteiger partial charge in [-0.3, -0.25) is 4.79 Å². The number of nitrogens with zero attached hydrogens (tertiary/aromatic N) is 2. The lowest BCUT2D eigenvalue weighted by Gasteiger charge is -2.38. The van der Waals surface area contributed by atoms with Crippen LogP contribution in [0.2, 0.25) is 0 Å². The molecule has 1 unspecified atom stereocenters. The summed E-state index contributed by atoms with van der Waals surface area (Å²) in [6.45, 7) is 3.80. The molecule has 1 aromatic carbocycles. The second kappa shape index (κ2) is 7.57. The van der Waals surface area contributed by atoms with Crippen LogP contribution >= 0.6 is 0 Å². The van der Waals surface area contributed by atoms with E-state index >= 15 is 0 Å². The monoisotopic (exact) mass is 338 g/mol. The van der Waals surface area contributed by atoms with Gasteiger partial charge in [-0.1, -0.05) is 0 Å². The van der Waals surface area contributed by atoms with Crippen molar-refractivity contribution in [2.75, 3.05) is 39.9 Å². The molecule has 2 heterocycles. The minimum Gasteiger partial charge on any atom is -0.381 e. The molecule has 0 N–H and O–H groups in total. The number of hydrogen-bond acceptors (Lipinski definition) is 3. The molecule has 132 valence electrons. The molecule has 2 aliphatic rings. The molecule has 6 heteroatoms. The number of likely N-dealkylation sites (tertiary alicyclic amines) is 1. The normalized spacial score (nSPS) is 22.7. The summed E-state index contributed by atoms with van der Waals surface area (Å²) in [5.74, 6) is -1.42. The van der Waals surface area contributed by atoms with Gasteiger partial charge in [-0.15, -0.1) is 0 Å². The van der Waals surface area contributed by atoms with E-state index in [0.29, 0.717) is 25.7 Å². The summed E-state index contributed by atoms with van der Waals surface area (Å²) in [7, 11) is 2.06. The molecular weight excluding hydrogens is 314 g/mol. The number of carbonyl (C=O) groups excluding carboxylic acids is 1. The second-order valence-electron chi connectivity index (χ2n) is 6.88. The highest BCUT2D eigenvalue weighted by Gasteiger charge is 2.31. The number of benzene rings is 1. The molecule has 0 spiro atoms. The van der Waals surface area contributed by atoms with Crippen LogP contribution in [-0.4, -0.2) is 61.6 Å². The Kier molecular flexibility index (Phi) is 5.46. The molecule has 0 radical (unpaired) electrons. The summed E-state index contributed by atoms with van der Waals surface area (Å²) >= 11 is 0. The third-order valence-electron chi connectivity index (χ3n) is 4.98. The molecule has 1 amide bonds. The number of amides is 1. The smallest absolute Gasteiger partial charge is 0.254 e. The standard InChI is InChI=1S/C18H24F2N2O2/c1-21-5-2-17(3-6-21)22(11-13-4-7-24-12-13)18(23)14-8-15(19)10-16(20)9-14/h8-10,13,17H,2-7,11-12H2,1H3. The van der Waals surface area contributed by atoms with Gasteiger partial charge in [-0.05, 0) is 51.5 Å². The third kappa shape index (κ3) is 4.11. The van der Waals surface area contributed by atoms with E-state index in [9.17, 15) is 13.6 Å². The minimum absolute atomic E-state index is 0.0883. The topological polar surface area (TPSA) is 32.8 Å². The number of hydrogen-bond donors (Lipinski definition) is 0. The number of carbonyl (C=O) groups is 1. The summed E-state index contributed by atoms with van der Waals surface area (Å²) in [6.07, 6.45) is 2.69. The predicted molar refractivity (Wildman–Crippen MR) is 86.8 cm³/mol. The van der Waals surface area contributed by atoms with Crippen LogP contribution in [0, 0.1) is 17.6 Å². The molecule has 0 aromatic heterocycles. The zero-order valence-corrected chi connectivity index (χ0v) is 14.0. The van der Waals surface area contributed by atoms with Gasteiger partial charge in [0.25, 0.3) is 5.91 Å². The maximum Gasteiger partial charge on any atom is 0.254 e. The largest absolute Gasteiger partial charge is 0.381 e. The molecule has 2 saturated heterocycles. The molecule has 2 fully saturated rings. The molecule has 0 bridgehead atoms. The van der Waals surface area contributed by atoms with Crippen molar-refractivity contribution in [3.8, 4) is 0 Å². The molecule has 2 aliphatic heterocycles. The Morgan fingerprint density at radius 2 is 1.88 bits per heavy atom. The lowest BCUT2D eigenvalue weighted by molar-refractivity contribution is 0.0535. The number of piperidine rings is 1. The SMILES string of the molecule is CN1CCC(N(CC2CCOC2)C(=O)c2cc(F)cc(F)c2)CC1. The Balaban J connectivity index is 1.80. The summed E-state index contributed by atoms with van der Waals surface area (Å²) in [5, 5.41) is 0. The minimum atomic E-state index is -0.717. The van der Waals surface area contributed by atoms with Crippen LogP contribution < -0.4 is 0 Å². The fourth-order valence-corrected chi connectivity index (χ4v) is 3.55. The highest BCUT2D eigenvalue weighted by molar-refractivity contribution is 5.94. The van der Waals surface area contributed by atoms with E-state index in [2.05, 4.69) is 11.9 Å². The van der Waals surface area contributed by atoms with Crippen molar-refractivity contribution in [1.29, 1.82) is 0 Å². The van der Waals surface area contributed by atoms with Crippen LogP contribution in [0.25, 0.3) is 0 Å². The van der Waals surface area contributed by atoms with E-state index in [1.165, 1.54) is 0 Å². The lowest BCUT2D eigenvalue weighted by atomic mass is 9.99. The van der Waals surface area contributed by atoms with Crippen molar-refractivity contribution >= 4 is 5.91 Å². The first kappa shape index (κ1) is 17.3. The van der Waals surface area contributed by atoms with Crippen molar-refractivity contribution in [3.63, 3.8) is 0 Å². The zero-order chi connectivity index (χ0) is 17.1. The summed E-state index contributed by atoms with van der Waals surface area (Å²) in [6, 6.07) is 3.15. The summed E-state index contributed by atoms with van der Waals surface area (Å²) < 4.78 is 32.4. The summed E-state index contributed by atoms with van der Waals surface area (Å²) in [5.41, 5.74) is 0.0883. The highest BCUT2D eigenvalue weighted by Crippen LogP contribution is 2.23. The first-order valence-corrected chi connectivity index (χ1v) is 8.56. The van der Waals surface area contributed by atoms with Crippen molar-refractivity contribution in [1.82, 2.24) is 9.80 Å². The maximum atomic E-state index is 13.5. The van der Waals surface area contributed by atoms with Gasteiger partial charge < -0.3 is 14.5 Å². The van der Waals surface area contributed by atoms with Gasteiger partial charge in [0.2, 0.25) is 0 Å². The van der Waals surface area contributed by atoms with E-state index in [0.717, 1.165) is 50.6 Å². The first-order chi connectivity index (χ1) is 11.5. The lowest BCUT2D eigenvalue weighted by Crippen LogP contribution is -2.48. The third-order valence-corrected chi connectivity index (χ3v) is 4.98. The van der Waals surface area contributed by atoms with Gasteiger partial charge in [0.1, 0.15) is 11.6 Å². The quantitative estimate of drug-likeness (QED) is 0.846. The average Bonchev–Trinajstić information content (AvgIpc) is 3.05. The van der Waals surface area contributed by atoms with Crippen LogP contribution in [0.15, 0.2) is 18.2 Å². The Morgan fingerprint density at radius 3 is 2.46 bits per heavy atom. The van der Waals surface area contributed by atoms with Crippen LogP contribution in [-0.2, 0) is 4.74 Å². The van der Waals surface area contributed by atoms with E-state index in [4.69, 9.17) is 4.74 Å². The predicted octanol–water partition coefficient (Wildman–Crippen LogP) is 2.54. The number of rotatable bonds is 4. The summed E-state index contributed by atoms with van der Waals surface area (Å²) in [4.78, 5) is 17.0. The Bertz CT molecular complexity index is 562. The molecule has 0 saturated carbocycles. The maximum absolute atomic E-state index is 13.5. The molecule has 1 atom stereocenters. The Hall–Kier alpha value is -1.53. The molecule has 1 aromatic rings. The van der Waals surface area contributed by atoms with Crippen molar-refractivity contribution in [3.05, 3.63) is 35.4 Å². The van der Waals surface area contributed by atoms with Crippen LogP contribution in [0.5, 0.6) is 0 Å². The van der Waals surface area contributed by atoms with E-state index in [-0.39, 0.29) is 17.5 Å². The van der Waals surface area contributed by atoms with E-state index < -0.39 is 11.6 Å². The van der Waals surface area contributed by atoms with Crippen LogP contribution in [0.1, 0.15) is 29.6 Å². The highest BCUT2D eigenvalue weighted by atomic mass is 19.1. The van der Waals surface area contributed by atoms with Crippen molar-refractivity contribution < 1.29 is 18.3 Å². The number of ether oxygens (including phenoxy) is 1. The van der Waals surface area contributed by atoms with Crippen LogP contribution in [0.3, 0.4) is 0 Å². The van der Waals surface area contributed by atoms with Gasteiger partial charge in [-0.2, -0.15) is 0 Å². The van der Waals surface area contributed by atoms with Crippen LogP contribution in [0.4, 0.5) is 8.78 Å². The van der Waals surface area contributed by atoms with Gasteiger partial charge >= 0.3 is 0 Å². The Morgan fingerprint density at radius 1 is 1.21 bits per heavy atom. The van der Waals surface area contributed by atoms with E-state index in [1.54, 1.807) is 0 Å².